The van der Waals surface area contributed by atoms with Gasteiger partial charge in [0.15, 0.2) is 0 Å². The van der Waals surface area contributed by atoms with Crippen LogP contribution in [0.4, 0.5) is 5.69 Å². The van der Waals surface area contributed by atoms with Crippen LogP contribution in [-0.2, 0) is 4.79 Å². The minimum atomic E-state index is -0.722. The number of nitro benzene ring substituents is 1. The number of hydrogen-bond acceptors (Lipinski definition) is 5. The summed E-state index contributed by atoms with van der Waals surface area (Å²) < 4.78 is 0. The van der Waals surface area contributed by atoms with E-state index in [0.717, 1.165) is 12.1 Å². The molecule has 0 atom stereocenters. The lowest BCUT2D eigenvalue weighted by atomic mass is 10.2. The molecule has 0 fully saturated rings. The Kier molecular flexibility index (Phi) is 3.09. The summed E-state index contributed by atoms with van der Waals surface area (Å²) in [7, 11) is 0. The van der Waals surface area contributed by atoms with Crippen molar-refractivity contribution in [3.8, 4) is 0 Å². The van der Waals surface area contributed by atoms with Crippen LogP contribution in [0.1, 0.15) is 10.4 Å². The van der Waals surface area contributed by atoms with Crippen molar-refractivity contribution in [2.45, 2.75) is 0 Å². The van der Waals surface area contributed by atoms with E-state index in [9.17, 15) is 19.7 Å². The second-order valence-corrected chi connectivity index (χ2v) is 2.62. The molecule has 7 heteroatoms. The number of rotatable bonds is 3. The lowest BCUT2D eigenvalue weighted by Crippen LogP contribution is -2.35. The molecule has 2 N–H and O–H groups in total. The van der Waals surface area contributed by atoms with Crippen LogP contribution in [0.5, 0.6) is 0 Å². The molecular formula is C8H7N3O4. The molecule has 7 nitrogen and oxygen atoms in total. The first-order valence-corrected chi connectivity index (χ1v) is 3.84. The third-order valence-corrected chi connectivity index (χ3v) is 1.67. The maximum absolute atomic E-state index is 11.3. The number of hydrazine groups is 1. The topological polar surface area (TPSA) is 107 Å². The molecule has 1 aromatic carbocycles. The monoisotopic (exact) mass is 209 g/mol. The molecule has 0 bridgehead atoms. The Bertz CT molecular complexity index is 401. The first-order valence-electron chi connectivity index (χ1n) is 3.84. The third-order valence-electron chi connectivity index (χ3n) is 1.67. The summed E-state index contributed by atoms with van der Waals surface area (Å²) in [6.45, 7) is 0. The lowest BCUT2D eigenvalue weighted by molar-refractivity contribution is -0.384. The number of nitrogens with two attached hydrogens (primary N) is 1. The molecule has 0 aliphatic carbocycles. The minimum Gasteiger partial charge on any atom is -0.277 e. The van der Waals surface area contributed by atoms with E-state index >= 15 is 0 Å². The van der Waals surface area contributed by atoms with Gasteiger partial charge >= 0.3 is 0 Å². The van der Waals surface area contributed by atoms with Crippen LogP contribution >= 0.6 is 0 Å². The second-order valence-electron chi connectivity index (χ2n) is 2.62. The SMILES string of the molecule is NN(C=O)C(=O)c1ccc([N+](=O)[O-])cc1. The average Bonchev–Trinajstić information content (AvgIpc) is 2.27. The predicted molar refractivity (Wildman–Crippen MR) is 49.5 cm³/mol. The second kappa shape index (κ2) is 4.29. The molecule has 1 aromatic rings. The van der Waals surface area contributed by atoms with Crippen LogP contribution in [0, 0.1) is 10.1 Å². The van der Waals surface area contributed by atoms with Crippen LogP contribution in [-0.4, -0.2) is 22.2 Å². The summed E-state index contributed by atoms with van der Waals surface area (Å²) in [6, 6.07) is 4.77. The molecule has 15 heavy (non-hydrogen) atoms. The summed E-state index contributed by atoms with van der Waals surface area (Å²) in [6.07, 6.45) is 0.156. The van der Waals surface area contributed by atoms with E-state index in [2.05, 4.69) is 0 Å². The van der Waals surface area contributed by atoms with E-state index in [1.807, 2.05) is 0 Å². The molecular weight excluding hydrogens is 202 g/mol. The van der Waals surface area contributed by atoms with Gasteiger partial charge < -0.3 is 0 Å². The van der Waals surface area contributed by atoms with Gasteiger partial charge in [0.25, 0.3) is 11.6 Å². The fourth-order valence-electron chi connectivity index (χ4n) is 0.923. The molecule has 2 amide bonds. The van der Waals surface area contributed by atoms with Gasteiger partial charge in [0.2, 0.25) is 6.41 Å². The lowest BCUT2D eigenvalue weighted by Gasteiger charge is -2.07. The number of carbonyl (C=O) groups excluding carboxylic acids is 2. The van der Waals surface area contributed by atoms with Gasteiger partial charge in [-0.05, 0) is 12.1 Å². The normalized spacial score (nSPS) is 9.40. The Morgan fingerprint density at radius 1 is 1.40 bits per heavy atom. The van der Waals surface area contributed by atoms with Crippen LogP contribution < -0.4 is 5.84 Å². The fraction of sp³-hybridized carbons (Fsp3) is 0. The quantitative estimate of drug-likeness (QED) is 0.249. The summed E-state index contributed by atoms with van der Waals surface area (Å²) in [5, 5.41) is 10.7. The van der Waals surface area contributed by atoms with Gasteiger partial charge in [-0.2, -0.15) is 0 Å². The van der Waals surface area contributed by atoms with Gasteiger partial charge in [-0.15, -0.1) is 0 Å². The Morgan fingerprint density at radius 2 is 1.93 bits per heavy atom. The summed E-state index contributed by atoms with van der Waals surface area (Å²) in [4.78, 5) is 31.1. The van der Waals surface area contributed by atoms with Gasteiger partial charge in [-0.3, -0.25) is 19.7 Å². The van der Waals surface area contributed by atoms with Gasteiger partial charge in [-0.1, -0.05) is 0 Å². The molecule has 0 aliphatic heterocycles. The summed E-state index contributed by atoms with van der Waals surface area (Å²) >= 11 is 0. The maximum atomic E-state index is 11.3. The van der Waals surface area contributed by atoms with E-state index in [1.165, 1.54) is 12.1 Å². The van der Waals surface area contributed by atoms with Gasteiger partial charge in [0.05, 0.1) is 4.92 Å². The van der Waals surface area contributed by atoms with Crippen LogP contribution in [0.3, 0.4) is 0 Å². The molecule has 0 spiro atoms. The largest absolute Gasteiger partial charge is 0.277 e. The molecule has 1 rings (SSSR count). The molecule has 0 heterocycles. The summed E-state index contributed by atoms with van der Waals surface area (Å²) in [5.41, 5.74) is -0.0311. The average molecular weight is 209 g/mol. The molecule has 78 valence electrons. The van der Waals surface area contributed by atoms with Crippen LogP contribution in [0.2, 0.25) is 0 Å². The van der Waals surface area contributed by atoms with E-state index in [0.29, 0.717) is 5.01 Å². The highest BCUT2D eigenvalue weighted by Crippen LogP contribution is 2.12. The van der Waals surface area contributed by atoms with Crippen molar-refractivity contribution in [3.05, 3.63) is 39.9 Å². The molecule has 0 aromatic heterocycles. The third kappa shape index (κ3) is 2.35. The molecule has 0 saturated carbocycles. The Morgan fingerprint density at radius 3 is 2.33 bits per heavy atom. The number of imide groups is 1. The zero-order valence-electron chi connectivity index (χ0n) is 7.49. The number of nitro groups is 1. The highest BCUT2D eigenvalue weighted by molar-refractivity contribution is 5.99. The van der Waals surface area contributed by atoms with Crippen molar-refractivity contribution < 1.29 is 14.5 Å². The number of hydrogen-bond donors (Lipinski definition) is 1. The maximum Gasteiger partial charge on any atom is 0.274 e. The number of carbonyl (C=O) groups is 2. The minimum absolute atomic E-state index is 0.107. The zero-order valence-corrected chi connectivity index (χ0v) is 7.49. The van der Waals surface area contributed by atoms with Gasteiger partial charge in [0, 0.05) is 17.7 Å². The smallest absolute Gasteiger partial charge is 0.274 e. The molecule has 0 radical (unpaired) electrons. The first-order chi connectivity index (χ1) is 7.06. The Labute approximate surface area is 84.2 Å². The van der Waals surface area contributed by atoms with Crippen molar-refractivity contribution in [2.24, 2.45) is 5.84 Å². The van der Waals surface area contributed by atoms with Crippen molar-refractivity contribution in [3.63, 3.8) is 0 Å². The van der Waals surface area contributed by atoms with E-state index in [-0.39, 0.29) is 17.7 Å². The molecule has 0 unspecified atom stereocenters. The van der Waals surface area contributed by atoms with Crippen molar-refractivity contribution in [1.29, 1.82) is 0 Å². The van der Waals surface area contributed by atoms with Gasteiger partial charge in [0.1, 0.15) is 0 Å². The van der Waals surface area contributed by atoms with Crippen molar-refractivity contribution in [2.75, 3.05) is 0 Å². The highest BCUT2D eigenvalue weighted by atomic mass is 16.6. The molecule has 0 saturated heterocycles. The number of amides is 2. The number of nitrogens with zero attached hydrogens (tertiary/aromatic N) is 2. The van der Waals surface area contributed by atoms with Crippen molar-refractivity contribution >= 4 is 18.0 Å². The van der Waals surface area contributed by atoms with Crippen molar-refractivity contribution in [1.82, 2.24) is 5.01 Å². The first kappa shape index (κ1) is 10.8. The van der Waals surface area contributed by atoms with Gasteiger partial charge in [-0.25, -0.2) is 10.9 Å². The Hall–Kier alpha value is -2.28. The van der Waals surface area contributed by atoms with E-state index in [4.69, 9.17) is 5.84 Å². The summed E-state index contributed by atoms with van der Waals surface area (Å²) in [5.74, 6) is 4.31. The fourth-order valence-corrected chi connectivity index (χ4v) is 0.923. The number of benzene rings is 1. The van der Waals surface area contributed by atoms with Crippen LogP contribution in [0.15, 0.2) is 24.3 Å². The molecule has 0 aliphatic rings. The number of non-ortho nitro benzene ring substituents is 1. The predicted octanol–water partition coefficient (Wildman–Crippen LogP) is 0.0671. The highest BCUT2D eigenvalue weighted by Gasteiger charge is 2.12. The standard InChI is InChI=1S/C8H7N3O4/c9-10(5-12)8(13)6-1-3-7(4-2-6)11(14)15/h1-5H,9H2. The van der Waals surface area contributed by atoms with E-state index in [1.54, 1.807) is 0 Å². The Balaban J connectivity index is 2.94. The van der Waals surface area contributed by atoms with E-state index < -0.39 is 10.8 Å². The van der Waals surface area contributed by atoms with Crippen LogP contribution in [0.25, 0.3) is 0 Å². The zero-order chi connectivity index (χ0) is 11.4.